The van der Waals surface area contributed by atoms with Gasteiger partial charge in [0.15, 0.2) is 0 Å². The van der Waals surface area contributed by atoms with Crippen molar-refractivity contribution in [3.05, 3.63) is 54.1 Å². The van der Waals surface area contributed by atoms with E-state index in [4.69, 9.17) is 5.11 Å². The molecule has 0 spiro atoms. The number of allylic oxidation sites excluding steroid dienone is 2. The Morgan fingerprint density at radius 3 is 2.23 bits per heavy atom. The highest BCUT2D eigenvalue weighted by Crippen LogP contribution is 2.15. The van der Waals surface area contributed by atoms with Crippen LogP contribution >= 0.6 is 0 Å². The van der Waals surface area contributed by atoms with Gasteiger partial charge >= 0.3 is 0 Å². The summed E-state index contributed by atoms with van der Waals surface area (Å²) in [6, 6.07) is 7.15. The predicted octanol–water partition coefficient (Wildman–Crippen LogP) is 3.07. The first-order valence-electron chi connectivity index (χ1n) is 4.21. The molecule has 0 fully saturated rings. The fourth-order valence-electron chi connectivity index (χ4n) is 1.01. The van der Waals surface area contributed by atoms with Crippen LogP contribution in [0.1, 0.15) is 12.5 Å². The molecule has 0 heterocycles. The van der Waals surface area contributed by atoms with Gasteiger partial charge in [-0.2, -0.15) is 0 Å². The molecule has 0 radical (unpaired) electrons. The summed E-state index contributed by atoms with van der Waals surface area (Å²) in [6.07, 6.45) is 0.801. The van der Waals surface area contributed by atoms with Crippen LogP contribution in [0.5, 0.6) is 5.75 Å². The maximum absolute atomic E-state index is 9.06. The average Bonchev–Trinajstić information content (AvgIpc) is 2.08. The van der Waals surface area contributed by atoms with E-state index in [1.165, 1.54) is 0 Å². The van der Waals surface area contributed by atoms with E-state index in [9.17, 15) is 0 Å². The zero-order valence-electron chi connectivity index (χ0n) is 7.88. The molecule has 0 bridgehead atoms. The molecule has 68 valence electrons. The van der Waals surface area contributed by atoms with Gasteiger partial charge in [0.2, 0.25) is 0 Å². The highest BCUT2D eigenvalue weighted by atomic mass is 16.3. The van der Waals surface area contributed by atoms with E-state index in [0.717, 1.165) is 23.1 Å². The molecule has 0 aliphatic rings. The number of hydrogen-bond donors (Lipinski definition) is 1. The van der Waals surface area contributed by atoms with Crippen LogP contribution in [0, 0.1) is 0 Å². The molecular formula is C12H14O. The first-order chi connectivity index (χ1) is 6.09. The van der Waals surface area contributed by atoms with Gasteiger partial charge in [-0.1, -0.05) is 30.9 Å². The zero-order chi connectivity index (χ0) is 9.84. The lowest BCUT2D eigenvalue weighted by atomic mass is 10.0. The van der Waals surface area contributed by atoms with Gasteiger partial charge in [-0.3, -0.25) is 0 Å². The van der Waals surface area contributed by atoms with Gasteiger partial charge in [-0.05, 0) is 36.6 Å². The van der Waals surface area contributed by atoms with Gasteiger partial charge in [0, 0.05) is 0 Å². The summed E-state index contributed by atoms with van der Waals surface area (Å²) in [7, 11) is 0. The first-order valence-corrected chi connectivity index (χ1v) is 4.21. The Kier molecular flexibility index (Phi) is 2.91. The molecule has 1 heteroatoms. The summed E-state index contributed by atoms with van der Waals surface area (Å²) < 4.78 is 0. The van der Waals surface area contributed by atoms with Crippen molar-refractivity contribution in [1.82, 2.24) is 0 Å². The van der Waals surface area contributed by atoms with Crippen LogP contribution in [-0.4, -0.2) is 5.11 Å². The minimum atomic E-state index is 0.296. The van der Waals surface area contributed by atoms with E-state index < -0.39 is 0 Å². The Morgan fingerprint density at radius 1 is 1.23 bits per heavy atom. The Balaban J connectivity index is 2.70. The molecule has 0 aliphatic carbocycles. The van der Waals surface area contributed by atoms with E-state index >= 15 is 0 Å². The van der Waals surface area contributed by atoms with Crippen LogP contribution in [0.15, 0.2) is 48.6 Å². The largest absolute Gasteiger partial charge is 0.508 e. The number of benzene rings is 1. The smallest absolute Gasteiger partial charge is 0.115 e. The van der Waals surface area contributed by atoms with Gasteiger partial charge in [-0.25, -0.2) is 0 Å². The molecule has 13 heavy (non-hydrogen) atoms. The number of phenolic OH excluding ortho intramolecular Hbond substituents is 1. The molecule has 0 unspecified atom stereocenters. The van der Waals surface area contributed by atoms with Gasteiger partial charge in [0.1, 0.15) is 5.75 Å². The minimum absolute atomic E-state index is 0.296. The van der Waals surface area contributed by atoms with Gasteiger partial charge < -0.3 is 5.11 Å². The lowest BCUT2D eigenvalue weighted by Gasteiger charge is -2.04. The summed E-state index contributed by atoms with van der Waals surface area (Å²) in [6.45, 7) is 9.68. The summed E-state index contributed by atoms with van der Waals surface area (Å²) in [5.41, 5.74) is 3.18. The minimum Gasteiger partial charge on any atom is -0.508 e. The lowest BCUT2D eigenvalue weighted by Crippen LogP contribution is -1.89. The number of phenols is 1. The SMILES string of the molecule is C=C(C)C(=C)Cc1ccc(O)cc1. The number of aromatic hydroxyl groups is 1. The van der Waals surface area contributed by atoms with Gasteiger partial charge in [-0.15, -0.1) is 0 Å². The van der Waals surface area contributed by atoms with Crippen LogP contribution in [-0.2, 0) is 6.42 Å². The van der Waals surface area contributed by atoms with Crippen molar-refractivity contribution in [3.63, 3.8) is 0 Å². The molecule has 1 nitrogen and oxygen atoms in total. The third kappa shape index (κ3) is 2.79. The molecule has 1 rings (SSSR count). The second kappa shape index (κ2) is 3.94. The Morgan fingerprint density at radius 2 is 1.77 bits per heavy atom. The standard InChI is InChI=1S/C12H14O/c1-9(2)10(3)8-11-4-6-12(13)7-5-11/h4-7,13H,1,3,8H2,2H3. The topological polar surface area (TPSA) is 20.2 Å². The molecule has 0 aliphatic heterocycles. The third-order valence-electron chi connectivity index (χ3n) is 1.96. The Hall–Kier alpha value is -1.50. The lowest BCUT2D eigenvalue weighted by molar-refractivity contribution is 0.475. The van der Waals surface area contributed by atoms with Crippen molar-refractivity contribution >= 4 is 0 Å². The Labute approximate surface area is 79.0 Å². The van der Waals surface area contributed by atoms with E-state index in [-0.39, 0.29) is 0 Å². The van der Waals surface area contributed by atoms with Crippen LogP contribution in [0.4, 0.5) is 0 Å². The molecule has 0 saturated heterocycles. The second-order valence-electron chi connectivity index (χ2n) is 3.23. The van der Waals surface area contributed by atoms with E-state index in [2.05, 4.69) is 13.2 Å². The maximum atomic E-state index is 9.06. The number of rotatable bonds is 3. The molecule has 0 atom stereocenters. The third-order valence-corrected chi connectivity index (χ3v) is 1.96. The monoisotopic (exact) mass is 174 g/mol. The molecule has 1 aromatic rings. The van der Waals surface area contributed by atoms with Crippen LogP contribution < -0.4 is 0 Å². The van der Waals surface area contributed by atoms with Crippen LogP contribution in [0.25, 0.3) is 0 Å². The number of hydrogen-bond acceptors (Lipinski definition) is 1. The van der Waals surface area contributed by atoms with E-state index in [1.54, 1.807) is 12.1 Å². The maximum Gasteiger partial charge on any atom is 0.115 e. The van der Waals surface area contributed by atoms with Crippen molar-refractivity contribution in [2.75, 3.05) is 0 Å². The molecule has 0 amide bonds. The second-order valence-corrected chi connectivity index (χ2v) is 3.23. The highest BCUT2D eigenvalue weighted by molar-refractivity contribution is 5.33. The molecule has 0 aromatic heterocycles. The first kappa shape index (κ1) is 9.59. The zero-order valence-corrected chi connectivity index (χ0v) is 7.88. The van der Waals surface area contributed by atoms with E-state index in [1.807, 2.05) is 19.1 Å². The van der Waals surface area contributed by atoms with Crippen molar-refractivity contribution in [2.24, 2.45) is 0 Å². The molecule has 1 N–H and O–H groups in total. The van der Waals surface area contributed by atoms with Gasteiger partial charge in [0.05, 0.1) is 0 Å². The normalized spacial score (nSPS) is 9.62. The summed E-state index contributed by atoms with van der Waals surface area (Å²) >= 11 is 0. The average molecular weight is 174 g/mol. The van der Waals surface area contributed by atoms with Crippen molar-refractivity contribution in [2.45, 2.75) is 13.3 Å². The molecule has 0 saturated carbocycles. The fourth-order valence-corrected chi connectivity index (χ4v) is 1.01. The molecular weight excluding hydrogens is 160 g/mol. The fraction of sp³-hybridized carbons (Fsp3) is 0.167. The van der Waals surface area contributed by atoms with Crippen LogP contribution in [0.2, 0.25) is 0 Å². The predicted molar refractivity (Wildman–Crippen MR) is 55.8 cm³/mol. The quantitative estimate of drug-likeness (QED) is 0.698. The summed E-state index contributed by atoms with van der Waals surface area (Å²) in [5, 5.41) is 9.06. The Bertz CT molecular complexity index is 319. The van der Waals surface area contributed by atoms with Crippen LogP contribution in [0.3, 0.4) is 0 Å². The summed E-state index contributed by atoms with van der Waals surface area (Å²) in [5.74, 6) is 0.296. The van der Waals surface area contributed by atoms with Crippen molar-refractivity contribution < 1.29 is 5.11 Å². The van der Waals surface area contributed by atoms with Gasteiger partial charge in [0.25, 0.3) is 0 Å². The highest BCUT2D eigenvalue weighted by Gasteiger charge is 1.97. The van der Waals surface area contributed by atoms with E-state index in [0.29, 0.717) is 5.75 Å². The summed E-state index contributed by atoms with van der Waals surface area (Å²) in [4.78, 5) is 0. The molecule has 1 aromatic carbocycles. The van der Waals surface area contributed by atoms with Crippen molar-refractivity contribution in [3.8, 4) is 5.75 Å². The van der Waals surface area contributed by atoms with Crippen molar-refractivity contribution in [1.29, 1.82) is 0 Å².